The Labute approximate surface area is 141 Å². The standard InChI is InChI=1S/C21H16N2O/c1-15-9-5-7-13-18(15)23-21-20(22-16-10-3-2-4-11-16)17-12-6-8-14-19(17)24-21/h2-14H,1H3. The van der Waals surface area contributed by atoms with Gasteiger partial charge >= 0.3 is 0 Å². The summed E-state index contributed by atoms with van der Waals surface area (Å²) in [4.78, 5) is 9.48. The Morgan fingerprint density at radius 2 is 1.42 bits per heavy atom. The number of fused-ring (bicyclic) bond motifs is 1. The minimum absolute atomic E-state index is 0.536. The highest BCUT2D eigenvalue weighted by molar-refractivity contribution is 6.49. The van der Waals surface area contributed by atoms with Gasteiger partial charge in [-0.3, -0.25) is 0 Å². The van der Waals surface area contributed by atoms with Gasteiger partial charge in [0.25, 0.3) is 0 Å². The summed E-state index contributed by atoms with van der Waals surface area (Å²) in [6.07, 6.45) is 0. The SMILES string of the molecule is Cc1ccccc1N=C1Oc2ccccc2C1=Nc1ccccc1. The van der Waals surface area contributed by atoms with Crippen LogP contribution in [-0.2, 0) is 0 Å². The Morgan fingerprint density at radius 3 is 2.25 bits per heavy atom. The number of hydrogen-bond acceptors (Lipinski definition) is 3. The van der Waals surface area contributed by atoms with E-state index in [4.69, 9.17) is 14.7 Å². The number of rotatable bonds is 2. The number of aryl methyl sites for hydroxylation is 1. The first-order valence-corrected chi connectivity index (χ1v) is 7.87. The molecule has 0 saturated heterocycles. The van der Waals surface area contributed by atoms with E-state index in [0.29, 0.717) is 5.90 Å². The predicted octanol–water partition coefficient (Wildman–Crippen LogP) is 5.24. The van der Waals surface area contributed by atoms with Crippen molar-refractivity contribution in [3.8, 4) is 5.75 Å². The van der Waals surface area contributed by atoms with Crippen LogP contribution in [0.15, 0.2) is 88.8 Å². The zero-order valence-corrected chi connectivity index (χ0v) is 13.3. The van der Waals surface area contributed by atoms with Crippen LogP contribution in [0.2, 0.25) is 0 Å². The molecule has 3 aromatic carbocycles. The molecular formula is C21H16N2O. The van der Waals surface area contributed by atoms with Gasteiger partial charge < -0.3 is 4.74 Å². The van der Waals surface area contributed by atoms with E-state index < -0.39 is 0 Å². The van der Waals surface area contributed by atoms with Crippen molar-refractivity contribution < 1.29 is 4.74 Å². The third-order valence-corrected chi connectivity index (χ3v) is 3.89. The van der Waals surface area contributed by atoms with Crippen LogP contribution in [0.25, 0.3) is 0 Å². The molecule has 3 heteroatoms. The number of benzene rings is 3. The highest BCUT2D eigenvalue weighted by Gasteiger charge is 2.26. The van der Waals surface area contributed by atoms with E-state index in [1.54, 1.807) is 0 Å². The van der Waals surface area contributed by atoms with Crippen LogP contribution in [0.5, 0.6) is 5.75 Å². The van der Waals surface area contributed by atoms with Gasteiger partial charge in [0.2, 0.25) is 5.90 Å². The summed E-state index contributed by atoms with van der Waals surface area (Å²) in [6, 6.07) is 25.8. The molecular weight excluding hydrogens is 296 g/mol. The van der Waals surface area contributed by atoms with E-state index >= 15 is 0 Å². The van der Waals surface area contributed by atoms with Crippen LogP contribution in [0, 0.1) is 6.92 Å². The average molecular weight is 312 g/mol. The molecule has 24 heavy (non-hydrogen) atoms. The summed E-state index contributed by atoms with van der Waals surface area (Å²) < 4.78 is 5.97. The van der Waals surface area contributed by atoms with Crippen molar-refractivity contribution in [2.45, 2.75) is 6.92 Å². The van der Waals surface area contributed by atoms with E-state index in [2.05, 4.69) is 0 Å². The van der Waals surface area contributed by atoms with Crippen molar-refractivity contribution in [3.63, 3.8) is 0 Å². The molecule has 0 amide bonds. The van der Waals surface area contributed by atoms with Gasteiger partial charge in [-0.15, -0.1) is 0 Å². The van der Waals surface area contributed by atoms with Crippen LogP contribution < -0.4 is 4.74 Å². The molecule has 4 rings (SSSR count). The van der Waals surface area contributed by atoms with Crippen LogP contribution in [0.1, 0.15) is 11.1 Å². The van der Waals surface area contributed by atoms with Gasteiger partial charge in [-0.25, -0.2) is 9.98 Å². The molecule has 0 unspecified atom stereocenters. The lowest BCUT2D eigenvalue weighted by atomic mass is 10.1. The second kappa shape index (κ2) is 6.13. The lowest BCUT2D eigenvalue weighted by Gasteiger charge is -2.03. The summed E-state index contributed by atoms with van der Waals surface area (Å²) >= 11 is 0. The van der Waals surface area contributed by atoms with Crippen LogP contribution in [-0.4, -0.2) is 11.6 Å². The summed E-state index contributed by atoms with van der Waals surface area (Å²) in [5.41, 5.74) is 4.60. The largest absolute Gasteiger partial charge is 0.436 e. The summed E-state index contributed by atoms with van der Waals surface area (Å²) in [5, 5.41) is 0. The third kappa shape index (κ3) is 2.72. The molecule has 0 bridgehead atoms. The van der Waals surface area contributed by atoms with Crippen LogP contribution >= 0.6 is 0 Å². The van der Waals surface area contributed by atoms with E-state index in [0.717, 1.165) is 34.0 Å². The highest BCUT2D eigenvalue weighted by Crippen LogP contribution is 2.30. The van der Waals surface area contributed by atoms with E-state index in [1.807, 2.05) is 85.8 Å². The van der Waals surface area contributed by atoms with Crippen molar-refractivity contribution >= 4 is 23.0 Å². The van der Waals surface area contributed by atoms with Crippen molar-refractivity contribution in [2.75, 3.05) is 0 Å². The maximum Gasteiger partial charge on any atom is 0.246 e. The molecule has 0 N–H and O–H groups in total. The average Bonchev–Trinajstić information content (AvgIpc) is 2.95. The molecule has 0 aliphatic carbocycles. The van der Waals surface area contributed by atoms with Gasteiger partial charge in [0.05, 0.1) is 11.4 Å². The van der Waals surface area contributed by atoms with Gasteiger partial charge in [-0.1, -0.05) is 48.5 Å². The zero-order chi connectivity index (χ0) is 16.4. The van der Waals surface area contributed by atoms with Gasteiger partial charge in [-0.05, 0) is 42.8 Å². The number of nitrogens with zero attached hydrogens (tertiary/aromatic N) is 2. The Bertz CT molecular complexity index is 943. The normalized spacial score (nSPS) is 16.2. The van der Waals surface area contributed by atoms with E-state index in [9.17, 15) is 0 Å². The first-order chi connectivity index (χ1) is 11.8. The lowest BCUT2D eigenvalue weighted by Crippen LogP contribution is -2.13. The molecule has 1 aliphatic heterocycles. The third-order valence-electron chi connectivity index (χ3n) is 3.89. The fraction of sp³-hybridized carbons (Fsp3) is 0.0476. The lowest BCUT2D eigenvalue weighted by molar-refractivity contribution is 0.572. The Balaban J connectivity index is 1.85. The Hall–Kier alpha value is -3.20. The maximum absolute atomic E-state index is 5.97. The number of aliphatic imine (C=N–C) groups is 2. The smallest absolute Gasteiger partial charge is 0.246 e. The van der Waals surface area contributed by atoms with Crippen LogP contribution in [0.4, 0.5) is 11.4 Å². The first-order valence-electron chi connectivity index (χ1n) is 7.87. The highest BCUT2D eigenvalue weighted by atomic mass is 16.5. The monoisotopic (exact) mass is 312 g/mol. The van der Waals surface area contributed by atoms with Gasteiger partial charge in [-0.2, -0.15) is 0 Å². The molecule has 0 radical (unpaired) electrons. The topological polar surface area (TPSA) is 34.0 Å². The molecule has 0 aromatic heterocycles. The Kier molecular flexibility index (Phi) is 3.67. The fourth-order valence-corrected chi connectivity index (χ4v) is 2.63. The number of ether oxygens (including phenoxy) is 1. The summed E-state index contributed by atoms with van der Waals surface area (Å²) in [5.74, 6) is 1.33. The first kappa shape index (κ1) is 14.4. The van der Waals surface area contributed by atoms with Crippen molar-refractivity contribution in [3.05, 3.63) is 90.0 Å². The summed E-state index contributed by atoms with van der Waals surface area (Å²) in [7, 11) is 0. The quantitative estimate of drug-likeness (QED) is 0.637. The van der Waals surface area contributed by atoms with Gasteiger partial charge in [0.1, 0.15) is 11.5 Å². The fourth-order valence-electron chi connectivity index (χ4n) is 2.63. The molecule has 0 fully saturated rings. The zero-order valence-electron chi connectivity index (χ0n) is 13.3. The maximum atomic E-state index is 5.97. The number of para-hydroxylation sites is 3. The second-order valence-electron chi connectivity index (χ2n) is 5.60. The number of hydrogen-bond donors (Lipinski definition) is 0. The van der Waals surface area contributed by atoms with Crippen molar-refractivity contribution in [1.82, 2.24) is 0 Å². The molecule has 3 aromatic rings. The van der Waals surface area contributed by atoms with Crippen molar-refractivity contribution in [1.29, 1.82) is 0 Å². The van der Waals surface area contributed by atoms with E-state index in [1.165, 1.54) is 0 Å². The summed E-state index contributed by atoms with van der Waals surface area (Å²) in [6.45, 7) is 2.04. The molecule has 0 atom stereocenters. The minimum atomic E-state index is 0.536. The van der Waals surface area contributed by atoms with Gasteiger partial charge in [0.15, 0.2) is 0 Å². The molecule has 3 nitrogen and oxygen atoms in total. The van der Waals surface area contributed by atoms with Crippen LogP contribution in [0.3, 0.4) is 0 Å². The molecule has 116 valence electrons. The van der Waals surface area contributed by atoms with Gasteiger partial charge in [0, 0.05) is 5.56 Å². The predicted molar refractivity (Wildman–Crippen MR) is 98.0 cm³/mol. The molecule has 0 saturated carbocycles. The van der Waals surface area contributed by atoms with Crippen molar-refractivity contribution in [2.24, 2.45) is 9.98 Å². The minimum Gasteiger partial charge on any atom is -0.436 e. The Morgan fingerprint density at radius 1 is 0.708 bits per heavy atom. The molecule has 0 spiro atoms. The molecule has 1 aliphatic rings. The van der Waals surface area contributed by atoms with E-state index in [-0.39, 0.29) is 0 Å². The second-order valence-corrected chi connectivity index (χ2v) is 5.60. The molecule has 1 heterocycles.